The van der Waals surface area contributed by atoms with Crippen molar-refractivity contribution in [1.82, 2.24) is 14.7 Å². The van der Waals surface area contributed by atoms with Gasteiger partial charge in [-0.25, -0.2) is 0 Å². The maximum Gasteiger partial charge on any atom is 0.406 e. The number of methoxy groups -OCH3 is 1. The molecule has 1 aromatic carbocycles. The van der Waals surface area contributed by atoms with Gasteiger partial charge in [0, 0.05) is 26.7 Å². The molecule has 0 unspecified atom stereocenters. The van der Waals surface area contributed by atoms with Crippen molar-refractivity contribution in [2.45, 2.75) is 12.7 Å². The fraction of sp³-hybridized carbons (Fsp3) is 0.529. The Balaban J connectivity index is 1.82. The van der Waals surface area contributed by atoms with E-state index in [-0.39, 0.29) is 32.1 Å². The van der Waals surface area contributed by atoms with Crippen LogP contribution in [0.5, 0.6) is 5.75 Å². The molecule has 1 heterocycles. The van der Waals surface area contributed by atoms with E-state index >= 15 is 0 Å². The third kappa shape index (κ3) is 5.91. The largest absolute Gasteiger partial charge is 0.497 e. The maximum atomic E-state index is 12.4. The van der Waals surface area contributed by atoms with Crippen LogP contribution >= 0.6 is 0 Å². The van der Waals surface area contributed by atoms with E-state index in [1.807, 2.05) is 12.1 Å². The number of nitrogens with zero attached hydrogens (tertiary/aromatic N) is 3. The number of rotatable bonds is 6. The summed E-state index contributed by atoms with van der Waals surface area (Å²) in [5.41, 5.74) is 0.924. The van der Waals surface area contributed by atoms with Gasteiger partial charge in [0.1, 0.15) is 12.3 Å². The summed E-state index contributed by atoms with van der Waals surface area (Å²) < 4.78 is 42.3. The molecule has 6 nitrogen and oxygen atoms in total. The number of carbonyl (C=O) groups excluding carboxylic acids is 2. The van der Waals surface area contributed by atoms with Gasteiger partial charge in [-0.2, -0.15) is 13.2 Å². The van der Waals surface area contributed by atoms with Gasteiger partial charge in [0.15, 0.2) is 0 Å². The van der Waals surface area contributed by atoms with Gasteiger partial charge in [-0.1, -0.05) is 12.1 Å². The van der Waals surface area contributed by atoms with Crippen LogP contribution in [0.2, 0.25) is 0 Å². The summed E-state index contributed by atoms with van der Waals surface area (Å²) >= 11 is 0. The smallest absolute Gasteiger partial charge is 0.406 e. The molecule has 1 saturated heterocycles. The second-order valence-corrected chi connectivity index (χ2v) is 6.24. The summed E-state index contributed by atoms with van der Waals surface area (Å²) in [4.78, 5) is 28.0. The van der Waals surface area contributed by atoms with Crippen LogP contribution < -0.4 is 4.74 Å². The molecule has 0 saturated carbocycles. The molecule has 0 radical (unpaired) electrons. The molecule has 1 fully saturated rings. The monoisotopic (exact) mass is 373 g/mol. The van der Waals surface area contributed by atoms with Crippen molar-refractivity contribution in [3.8, 4) is 5.75 Å². The molecule has 0 spiro atoms. The van der Waals surface area contributed by atoms with E-state index in [0.717, 1.165) is 16.2 Å². The van der Waals surface area contributed by atoms with E-state index in [9.17, 15) is 22.8 Å². The Labute approximate surface area is 150 Å². The standard InChI is InChI=1S/C17H22F3N3O3/c1-21(9-13-3-5-14(26-2)6-4-13)15(24)10-22-7-8-23(16(25)11-22)12-17(18,19)20/h3-6H,7-12H2,1-2H3. The van der Waals surface area contributed by atoms with Crippen LogP contribution in [0, 0.1) is 0 Å². The van der Waals surface area contributed by atoms with Gasteiger partial charge in [0.05, 0.1) is 20.2 Å². The van der Waals surface area contributed by atoms with Crippen LogP contribution in [0.15, 0.2) is 24.3 Å². The predicted octanol–water partition coefficient (Wildman–Crippen LogP) is 1.36. The number of hydrogen-bond acceptors (Lipinski definition) is 4. The number of alkyl halides is 3. The van der Waals surface area contributed by atoms with E-state index in [1.165, 1.54) is 4.90 Å². The van der Waals surface area contributed by atoms with Crippen molar-refractivity contribution >= 4 is 11.8 Å². The van der Waals surface area contributed by atoms with Crippen LogP contribution in [-0.4, -0.2) is 79.6 Å². The van der Waals surface area contributed by atoms with Gasteiger partial charge in [-0.3, -0.25) is 14.5 Å². The minimum atomic E-state index is -4.41. The first-order valence-corrected chi connectivity index (χ1v) is 8.11. The molecule has 0 N–H and O–H groups in total. The highest BCUT2D eigenvalue weighted by Crippen LogP contribution is 2.18. The molecule has 144 valence electrons. The van der Waals surface area contributed by atoms with Crippen molar-refractivity contribution < 1.29 is 27.5 Å². The highest BCUT2D eigenvalue weighted by Gasteiger charge is 2.35. The number of benzene rings is 1. The highest BCUT2D eigenvalue weighted by molar-refractivity contribution is 5.82. The SMILES string of the molecule is COc1ccc(CN(C)C(=O)CN2CCN(CC(F)(F)F)C(=O)C2)cc1. The molecule has 0 aromatic heterocycles. The van der Waals surface area contributed by atoms with Gasteiger partial charge in [-0.15, -0.1) is 0 Å². The van der Waals surface area contributed by atoms with Crippen LogP contribution in [0.1, 0.15) is 5.56 Å². The Morgan fingerprint density at radius 3 is 2.42 bits per heavy atom. The molecule has 2 amide bonds. The molecular weight excluding hydrogens is 351 g/mol. The number of piperazine rings is 1. The summed E-state index contributed by atoms with van der Waals surface area (Å²) in [6.07, 6.45) is -4.41. The predicted molar refractivity (Wildman–Crippen MR) is 88.5 cm³/mol. The number of halogens is 3. The van der Waals surface area contributed by atoms with Gasteiger partial charge >= 0.3 is 6.18 Å². The first-order chi connectivity index (χ1) is 12.2. The minimum Gasteiger partial charge on any atom is -0.497 e. The van der Waals surface area contributed by atoms with Crippen molar-refractivity contribution in [2.75, 3.05) is 46.9 Å². The molecule has 1 aliphatic rings. The third-order valence-corrected chi connectivity index (χ3v) is 4.13. The van der Waals surface area contributed by atoms with E-state index < -0.39 is 18.6 Å². The number of carbonyl (C=O) groups is 2. The second kappa shape index (κ2) is 8.39. The van der Waals surface area contributed by atoms with Crippen LogP contribution in [0.3, 0.4) is 0 Å². The summed E-state index contributed by atoms with van der Waals surface area (Å²) in [5, 5.41) is 0. The number of hydrogen-bond donors (Lipinski definition) is 0. The lowest BCUT2D eigenvalue weighted by Crippen LogP contribution is -2.54. The number of likely N-dealkylation sites (N-methyl/N-ethyl adjacent to an activating group) is 1. The van der Waals surface area contributed by atoms with Crippen molar-refractivity contribution in [3.05, 3.63) is 29.8 Å². The highest BCUT2D eigenvalue weighted by atomic mass is 19.4. The van der Waals surface area contributed by atoms with E-state index in [0.29, 0.717) is 6.54 Å². The van der Waals surface area contributed by atoms with Crippen LogP contribution in [0.4, 0.5) is 13.2 Å². The second-order valence-electron chi connectivity index (χ2n) is 6.24. The summed E-state index contributed by atoms with van der Waals surface area (Å²) in [6, 6.07) is 7.29. The van der Waals surface area contributed by atoms with Gasteiger partial charge in [0.2, 0.25) is 11.8 Å². The summed E-state index contributed by atoms with van der Waals surface area (Å²) in [5.74, 6) is -0.0879. The van der Waals surface area contributed by atoms with Crippen LogP contribution in [-0.2, 0) is 16.1 Å². The average molecular weight is 373 g/mol. The van der Waals surface area contributed by atoms with Crippen molar-refractivity contribution in [2.24, 2.45) is 0 Å². The normalized spacial score (nSPS) is 15.9. The Bertz CT molecular complexity index is 634. The average Bonchev–Trinajstić information content (AvgIpc) is 2.57. The molecule has 0 atom stereocenters. The summed E-state index contributed by atoms with van der Waals surface area (Å²) in [7, 11) is 3.22. The minimum absolute atomic E-state index is 0.00173. The number of ether oxygens (including phenoxy) is 1. The lowest BCUT2D eigenvalue weighted by atomic mass is 10.2. The zero-order valence-corrected chi connectivity index (χ0v) is 14.8. The molecule has 0 bridgehead atoms. The first-order valence-electron chi connectivity index (χ1n) is 8.11. The van der Waals surface area contributed by atoms with E-state index in [2.05, 4.69) is 0 Å². The van der Waals surface area contributed by atoms with Crippen molar-refractivity contribution in [1.29, 1.82) is 0 Å². The third-order valence-electron chi connectivity index (χ3n) is 4.13. The summed E-state index contributed by atoms with van der Waals surface area (Å²) in [6.45, 7) is -0.829. The molecule has 0 aliphatic carbocycles. The Kier molecular flexibility index (Phi) is 6.47. The fourth-order valence-electron chi connectivity index (χ4n) is 2.68. The lowest BCUT2D eigenvalue weighted by Gasteiger charge is -2.34. The molecule has 26 heavy (non-hydrogen) atoms. The van der Waals surface area contributed by atoms with E-state index in [4.69, 9.17) is 4.74 Å². The molecular formula is C17H22F3N3O3. The van der Waals surface area contributed by atoms with E-state index in [1.54, 1.807) is 31.2 Å². The zero-order chi connectivity index (χ0) is 19.3. The Hall–Kier alpha value is -2.29. The first kappa shape index (κ1) is 20.0. The van der Waals surface area contributed by atoms with Crippen LogP contribution in [0.25, 0.3) is 0 Å². The molecule has 9 heteroatoms. The fourth-order valence-corrected chi connectivity index (χ4v) is 2.68. The van der Waals surface area contributed by atoms with Gasteiger partial charge in [-0.05, 0) is 17.7 Å². The molecule has 1 aliphatic heterocycles. The van der Waals surface area contributed by atoms with Crippen molar-refractivity contribution in [3.63, 3.8) is 0 Å². The Morgan fingerprint density at radius 2 is 1.88 bits per heavy atom. The van der Waals surface area contributed by atoms with Gasteiger partial charge in [0.25, 0.3) is 0 Å². The molecule has 2 rings (SSSR count). The van der Waals surface area contributed by atoms with Gasteiger partial charge < -0.3 is 14.5 Å². The Morgan fingerprint density at radius 1 is 1.23 bits per heavy atom. The maximum absolute atomic E-state index is 12.4. The topological polar surface area (TPSA) is 53.1 Å². The zero-order valence-electron chi connectivity index (χ0n) is 14.8. The molecule has 1 aromatic rings. The quantitative estimate of drug-likeness (QED) is 0.756. The lowest BCUT2D eigenvalue weighted by molar-refractivity contribution is -0.166. The number of amides is 2.